The van der Waals surface area contributed by atoms with Gasteiger partial charge in [-0.2, -0.15) is 18.2 Å². The fourth-order valence-corrected chi connectivity index (χ4v) is 4.40. The average molecular weight is 477 g/mol. The minimum absolute atomic E-state index is 0.0344. The number of hydrogen-bond donors (Lipinski definition) is 2. The summed E-state index contributed by atoms with van der Waals surface area (Å²) in [6.45, 7) is 0.810. The summed E-state index contributed by atoms with van der Waals surface area (Å²) < 4.78 is 46.9. The van der Waals surface area contributed by atoms with Crippen LogP contribution in [-0.2, 0) is 17.9 Å². The second-order valence-corrected chi connectivity index (χ2v) is 9.19. The molecule has 0 bridgehead atoms. The number of piperidine rings is 1. The standard InChI is InChI=1S/C23H27F3N6O2/c1-31-9-7-15(8-10-31)28-17-3-2-4-18-16(17)11-19(32(18)13-23(24,25)26)21-29-20(34-30-21)12-27-22(33)14-5-6-14/h2-4,11,14-15,28H,5-10,12-13H2,1H3,(H,27,33). The Morgan fingerprint density at radius 3 is 2.68 bits per heavy atom. The molecule has 1 saturated heterocycles. The minimum atomic E-state index is -4.43. The first-order chi connectivity index (χ1) is 16.3. The summed E-state index contributed by atoms with van der Waals surface area (Å²) in [6.07, 6.45) is -0.769. The maximum Gasteiger partial charge on any atom is 0.406 e. The van der Waals surface area contributed by atoms with Crippen molar-refractivity contribution in [1.29, 1.82) is 0 Å². The topological polar surface area (TPSA) is 88.2 Å². The number of fused-ring (bicyclic) bond motifs is 1. The Bertz CT molecular complexity index is 1180. The number of amides is 1. The molecular weight excluding hydrogens is 449 g/mol. The molecular formula is C23H27F3N6O2. The number of alkyl halides is 3. The summed E-state index contributed by atoms with van der Waals surface area (Å²) in [5, 5.41) is 10.8. The lowest BCUT2D eigenvalue weighted by Crippen LogP contribution is -2.36. The number of carbonyl (C=O) groups excluding carboxylic acids is 1. The van der Waals surface area contributed by atoms with Crippen LogP contribution < -0.4 is 10.6 Å². The fourth-order valence-electron chi connectivity index (χ4n) is 4.40. The molecule has 0 unspecified atom stereocenters. The molecule has 1 aliphatic heterocycles. The lowest BCUT2D eigenvalue weighted by Gasteiger charge is -2.30. The molecule has 5 rings (SSSR count). The minimum Gasteiger partial charge on any atom is -0.382 e. The maximum absolute atomic E-state index is 13.5. The number of halogens is 3. The summed E-state index contributed by atoms with van der Waals surface area (Å²) in [5.41, 5.74) is 1.45. The molecule has 2 aromatic heterocycles. The molecule has 182 valence electrons. The Labute approximate surface area is 194 Å². The van der Waals surface area contributed by atoms with E-state index in [0.29, 0.717) is 10.9 Å². The van der Waals surface area contributed by atoms with E-state index in [1.165, 1.54) is 4.57 Å². The van der Waals surface area contributed by atoms with Gasteiger partial charge >= 0.3 is 6.18 Å². The molecule has 1 saturated carbocycles. The van der Waals surface area contributed by atoms with E-state index in [1.54, 1.807) is 18.2 Å². The summed E-state index contributed by atoms with van der Waals surface area (Å²) in [6, 6.07) is 7.24. The summed E-state index contributed by atoms with van der Waals surface area (Å²) in [4.78, 5) is 18.4. The molecule has 2 aliphatic rings. The largest absolute Gasteiger partial charge is 0.406 e. The van der Waals surface area contributed by atoms with Crippen LogP contribution in [0.15, 0.2) is 28.8 Å². The number of carbonyl (C=O) groups is 1. The van der Waals surface area contributed by atoms with E-state index in [1.807, 2.05) is 6.07 Å². The lowest BCUT2D eigenvalue weighted by molar-refractivity contribution is -0.139. The Morgan fingerprint density at radius 2 is 1.97 bits per heavy atom. The van der Waals surface area contributed by atoms with Crippen molar-refractivity contribution in [3.8, 4) is 11.5 Å². The van der Waals surface area contributed by atoms with Crippen molar-refractivity contribution in [1.82, 2.24) is 24.9 Å². The van der Waals surface area contributed by atoms with Gasteiger partial charge in [-0.05, 0) is 64.0 Å². The van der Waals surface area contributed by atoms with Gasteiger partial charge in [-0.3, -0.25) is 4.79 Å². The van der Waals surface area contributed by atoms with Crippen molar-refractivity contribution in [3.63, 3.8) is 0 Å². The highest BCUT2D eigenvalue weighted by Crippen LogP contribution is 2.35. The second kappa shape index (κ2) is 8.94. The van der Waals surface area contributed by atoms with Gasteiger partial charge in [0, 0.05) is 23.0 Å². The highest BCUT2D eigenvalue weighted by molar-refractivity contribution is 5.96. The molecule has 34 heavy (non-hydrogen) atoms. The zero-order valence-electron chi connectivity index (χ0n) is 18.9. The summed E-state index contributed by atoms with van der Waals surface area (Å²) >= 11 is 0. The summed E-state index contributed by atoms with van der Waals surface area (Å²) in [5.74, 6) is 0.168. The highest BCUT2D eigenvalue weighted by Gasteiger charge is 2.32. The first-order valence-corrected chi connectivity index (χ1v) is 11.5. The zero-order valence-corrected chi connectivity index (χ0v) is 18.9. The van der Waals surface area contributed by atoms with Crippen molar-refractivity contribution >= 4 is 22.5 Å². The van der Waals surface area contributed by atoms with Crippen molar-refractivity contribution in [3.05, 3.63) is 30.2 Å². The highest BCUT2D eigenvalue weighted by atomic mass is 19.4. The van der Waals surface area contributed by atoms with E-state index in [4.69, 9.17) is 4.52 Å². The molecule has 1 aliphatic carbocycles. The predicted molar refractivity (Wildman–Crippen MR) is 120 cm³/mol. The third-order valence-corrected chi connectivity index (χ3v) is 6.42. The first-order valence-electron chi connectivity index (χ1n) is 11.5. The van der Waals surface area contributed by atoms with Gasteiger partial charge in [0.2, 0.25) is 17.6 Å². The fraction of sp³-hybridized carbons (Fsp3) is 0.522. The number of benzene rings is 1. The van der Waals surface area contributed by atoms with E-state index in [2.05, 4.69) is 32.7 Å². The van der Waals surface area contributed by atoms with Crippen LogP contribution in [-0.4, -0.2) is 57.9 Å². The van der Waals surface area contributed by atoms with Crippen LogP contribution >= 0.6 is 0 Å². The number of likely N-dealkylation sites (tertiary alicyclic amines) is 1. The molecule has 11 heteroatoms. The number of aromatic nitrogens is 3. The number of nitrogens with zero attached hydrogens (tertiary/aromatic N) is 4. The number of nitrogens with one attached hydrogen (secondary N) is 2. The SMILES string of the molecule is CN1CCC(Nc2cccc3c2cc(-c2noc(CNC(=O)C4CC4)n2)n3CC(F)(F)F)CC1. The van der Waals surface area contributed by atoms with Gasteiger partial charge in [-0.25, -0.2) is 0 Å². The first kappa shape index (κ1) is 22.7. The van der Waals surface area contributed by atoms with Crippen molar-refractivity contribution in [2.75, 3.05) is 25.5 Å². The smallest absolute Gasteiger partial charge is 0.382 e. The molecule has 0 spiro atoms. The molecule has 0 atom stereocenters. The molecule has 2 N–H and O–H groups in total. The molecule has 0 radical (unpaired) electrons. The Morgan fingerprint density at radius 1 is 1.21 bits per heavy atom. The second-order valence-electron chi connectivity index (χ2n) is 9.19. The number of anilines is 1. The molecule has 1 aromatic carbocycles. The third kappa shape index (κ3) is 5.03. The molecule has 1 amide bonds. The Hall–Kier alpha value is -3.08. The normalized spacial score (nSPS) is 17.9. The van der Waals surface area contributed by atoms with Gasteiger partial charge in [0.25, 0.3) is 0 Å². The molecule has 8 nitrogen and oxygen atoms in total. The zero-order chi connectivity index (χ0) is 23.9. The van der Waals surface area contributed by atoms with Gasteiger partial charge in [0.1, 0.15) is 6.54 Å². The third-order valence-electron chi connectivity index (χ3n) is 6.42. The van der Waals surface area contributed by atoms with Crippen molar-refractivity contribution in [2.45, 2.75) is 51.0 Å². The number of hydrogen-bond acceptors (Lipinski definition) is 6. The van der Waals surface area contributed by atoms with Crippen molar-refractivity contribution < 1.29 is 22.5 Å². The van der Waals surface area contributed by atoms with E-state index < -0.39 is 12.7 Å². The molecule has 2 fully saturated rings. The van der Waals surface area contributed by atoms with E-state index in [0.717, 1.165) is 44.5 Å². The maximum atomic E-state index is 13.5. The van der Waals surface area contributed by atoms with Gasteiger partial charge in [0.15, 0.2) is 0 Å². The monoisotopic (exact) mass is 476 g/mol. The lowest BCUT2D eigenvalue weighted by atomic mass is 10.0. The van der Waals surface area contributed by atoms with Crippen LogP contribution in [0, 0.1) is 5.92 Å². The summed E-state index contributed by atoms with van der Waals surface area (Å²) in [7, 11) is 2.08. The molecule has 3 aromatic rings. The number of rotatable bonds is 7. The van der Waals surface area contributed by atoms with Crippen LogP contribution in [0.2, 0.25) is 0 Å². The van der Waals surface area contributed by atoms with Gasteiger partial charge < -0.3 is 24.6 Å². The Kier molecular flexibility index (Phi) is 5.97. The predicted octanol–water partition coefficient (Wildman–Crippen LogP) is 3.79. The van der Waals surface area contributed by atoms with E-state index in [-0.39, 0.29) is 41.8 Å². The molecule has 3 heterocycles. The Balaban J connectivity index is 1.45. The van der Waals surface area contributed by atoms with Crippen LogP contribution in [0.4, 0.5) is 18.9 Å². The van der Waals surface area contributed by atoms with E-state index in [9.17, 15) is 18.0 Å². The quantitative estimate of drug-likeness (QED) is 0.540. The van der Waals surface area contributed by atoms with Crippen LogP contribution in [0.1, 0.15) is 31.6 Å². The van der Waals surface area contributed by atoms with Crippen LogP contribution in [0.25, 0.3) is 22.4 Å². The van der Waals surface area contributed by atoms with Gasteiger partial charge in [-0.1, -0.05) is 11.2 Å². The van der Waals surface area contributed by atoms with Crippen LogP contribution in [0.3, 0.4) is 0 Å². The van der Waals surface area contributed by atoms with E-state index >= 15 is 0 Å². The average Bonchev–Trinajstić information content (AvgIpc) is 3.44. The van der Waals surface area contributed by atoms with Crippen molar-refractivity contribution in [2.24, 2.45) is 5.92 Å². The van der Waals surface area contributed by atoms with Gasteiger partial charge in [-0.15, -0.1) is 0 Å². The van der Waals surface area contributed by atoms with Crippen LogP contribution in [0.5, 0.6) is 0 Å². The van der Waals surface area contributed by atoms with Gasteiger partial charge in [0.05, 0.1) is 17.8 Å².